The van der Waals surface area contributed by atoms with Crippen LogP contribution in [-0.2, 0) is 0 Å². The molecule has 1 amide bonds. The molecule has 3 rings (SSSR count). The Morgan fingerprint density at radius 2 is 1.81 bits per heavy atom. The molecule has 0 unspecified atom stereocenters. The summed E-state index contributed by atoms with van der Waals surface area (Å²) in [7, 11) is 1.57. The van der Waals surface area contributed by atoms with E-state index in [1.807, 2.05) is 45.0 Å². The number of ether oxygens (including phenoxy) is 1. The molecule has 0 saturated heterocycles. The van der Waals surface area contributed by atoms with Crippen LogP contribution in [0.2, 0.25) is 0 Å². The number of carbonyl (C=O) groups is 1. The smallest absolute Gasteiger partial charge is 0.269 e. The molecular formula is C20H20N2O4. The maximum Gasteiger partial charge on any atom is 0.269 e. The van der Waals surface area contributed by atoms with E-state index in [4.69, 9.17) is 4.74 Å². The third-order valence-electron chi connectivity index (χ3n) is 4.54. The van der Waals surface area contributed by atoms with E-state index in [1.165, 1.54) is 24.3 Å². The molecule has 0 atom stereocenters. The lowest BCUT2D eigenvalue weighted by Gasteiger charge is -2.42. The summed E-state index contributed by atoms with van der Waals surface area (Å²) in [5, 5.41) is 10.9. The average Bonchev–Trinajstić information content (AvgIpc) is 2.60. The maximum absolute atomic E-state index is 13.3. The van der Waals surface area contributed by atoms with Gasteiger partial charge in [0, 0.05) is 23.3 Å². The first kappa shape index (κ1) is 17.7. The second-order valence-electron chi connectivity index (χ2n) is 6.78. The summed E-state index contributed by atoms with van der Waals surface area (Å²) in [6.07, 6.45) is 2.04. The number of fused-ring (bicyclic) bond motifs is 1. The Bertz CT molecular complexity index is 914. The third-order valence-corrected chi connectivity index (χ3v) is 4.54. The molecule has 0 radical (unpaired) electrons. The molecule has 6 nitrogen and oxygen atoms in total. The van der Waals surface area contributed by atoms with Gasteiger partial charge in [-0.2, -0.15) is 0 Å². The van der Waals surface area contributed by atoms with Gasteiger partial charge in [-0.25, -0.2) is 0 Å². The lowest BCUT2D eigenvalue weighted by Crippen LogP contribution is -2.49. The van der Waals surface area contributed by atoms with Crippen molar-refractivity contribution in [1.82, 2.24) is 0 Å². The molecule has 0 spiro atoms. The molecule has 2 aromatic rings. The summed E-state index contributed by atoms with van der Waals surface area (Å²) in [5.74, 6) is 0.373. The Hall–Kier alpha value is -3.15. The van der Waals surface area contributed by atoms with Crippen molar-refractivity contribution in [3.05, 3.63) is 69.8 Å². The van der Waals surface area contributed by atoms with Gasteiger partial charge in [0.2, 0.25) is 0 Å². The number of nitro benzene ring substituents is 1. The Morgan fingerprint density at radius 1 is 1.15 bits per heavy atom. The average molecular weight is 352 g/mol. The summed E-state index contributed by atoms with van der Waals surface area (Å²) in [4.78, 5) is 25.4. The van der Waals surface area contributed by atoms with E-state index < -0.39 is 10.5 Å². The van der Waals surface area contributed by atoms with Gasteiger partial charge < -0.3 is 4.74 Å². The van der Waals surface area contributed by atoms with Crippen molar-refractivity contribution < 1.29 is 14.5 Å². The zero-order valence-electron chi connectivity index (χ0n) is 15.1. The first-order valence-corrected chi connectivity index (χ1v) is 8.22. The van der Waals surface area contributed by atoms with Gasteiger partial charge in [-0.15, -0.1) is 0 Å². The molecule has 0 aromatic heterocycles. The van der Waals surface area contributed by atoms with E-state index in [0.717, 1.165) is 11.1 Å². The molecule has 0 N–H and O–H groups in total. The van der Waals surface area contributed by atoms with Gasteiger partial charge >= 0.3 is 0 Å². The van der Waals surface area contributed by atoms with Crippen molar-refractivity contribution in [2.24, 2.45) is 0 Å². The number of nitrogens with zero attached hydrogens (tertiary/aromatic N) is 2. The second kappa shape index (κ2) is 6.29. The van der Waals surface area contributed by atoms with E-state index in [2.05, 4.69) is 0 Å². The van der Waals surface area contributed by atoms with E-state index in [0.29, 0.717) is 17.0 Å². The Kier molecular flexibility index (Phi) is 4.28. The Morgan fingerprint density at radius 3 is 2.38 bits per heavy atom. The van der Waals surface area contributed by atoms with Gasteiger partial charge in [0.25, 0.3) is 11.6 Å². The first-order chi connectivity index (χ1) is 12.3. The summed E-state index contributed by atoms with van der Waals surface area (Å²) in [6, 6.07) is 11.3. The Labute approximate surface area is 151 Å². The molecule has 6 heteroatoms. The van der Waals surface area contributed by atoms with Crippen molar-refractivity contribution in [2.45, 2.75) is 26.3 Å². The number of anilines is 1. The predicted octanol–water partition coefficient (Wildman–Crippen LogP) is 4.45. The van der Waals surface area contributed by atoms with Gasteiger partial charge in [-0.05, 0) is 44.5 Å². The SMILES string of the molecule is COc1cccc2c1N(C(=O)c1ccc([N+](=O)[O-])cc1)C(C)(C)C=C2C. The van der Waals surface area contributed by atoms with E-state index in [-0.39, 0.29) is 11.6 Å². The number of carbonyl (C=O) groups excluding carboxylic acids is 1. The van der Waals surface area contributed by atoms with Crippen molar-refractivity contribution in [3.8, 4) is 5.75 Å². The topological polar surface area (TPSA) is 72.7 Å². The fraction of sp³-hybridized carbons (Fsp3) is 0.250. The summed E-state index contributed by atoms with van der Waals surface area (Å²) in [6.45, 7) is 5.91. The van der Waals surface area contributed by atoms with Crippen LogP contribution >= 0.6 is 0 Å². The number of nitro groups is 1. The normalized spacial score (nSPS) is 15.1. The zero-order valence-corrected chi connectivity index (χ0v) is 15.1. The maximum atomic E-state index is 13.3. The van der Waals surface area contributed by atoms with Gasteiger partial charge in [0.15, 0.2) is 0 Å². The molecule has 1 heterocycles. The zero-order chi connectivity index (χ0) is 19.1. The summed E-state index contributed by atoms with van der Waals surface area (Å²) < 4.78 is 5.51. The quantitative estimate of drug-likeness (QED) is 0.604. The van der Waals surface area contributed by atoms with E-state index >= 15 is 0 Å². The standard InChI is InChI=1S/C20H20N2O4/c1-13-12-20(2,3)21(18-16(13)6-5-7-17(18)26-4)19(23)14-8-10-15(11-9-14)22(24)25/h5-12H,1-4H3. The van der Waals surface area contributed by atoms with Crippen LogP contribution in [0.15, 0.2) is 48.5 Å². The minimum Gasteiger partial charge on any atom is -0.495 e. The molecule has 1 aliphatic rings. The fourth-order valence-corrected chi connectivity index (χ4v) is 3.41. The number of hydrogen-bond donors (Lipinski definition) is 0. The number of methoxy groups -OCH3 is 1. The van der Waals surface area contributed by atoms with Crippen LogP contribution < -0.4 is 9.64 Å². The van der Waals surface area contributed by atoms with E-state index in [9.17, 15) is 14.9 Å². The second-order valence-corrected chi connectivity index (χ2v) is 6.78. The van der Waals surface area contributed by atoms with Crippen LogP contribution in [0.1, 0.15) is 36.7 Å². The number of rotatable bonds is 3. The van der Waals surface area contributed by atoms with Crippen molar-refractivity contribution in [2.75, 3.05) is 12.0 Å². The monoisotopic (exact) mass is 352 g/mol. The highest BCUT2D eigenvalue weighted by molar-refractivity contribution is 6.11. The van der Waals surface area contributed by atoms with Crippen LogP contribution in [0.4, 0.5) is 11.4 Å². The van der Waals surface area contributed by atoms with Crippen LogP contribution in [0.5, 0.6) is 5.75 Å². The van der Waals surface area contributed by atoms with Crippen LogP contribution in [-0.4, -0.2) is 23.5 Å². The minimum atomic E-state index is -0.579. The number of hydrogen-bond acceptors (Lipinski definition) is 4. The van der Waals surface area contributed by atoms with Crippen LogP contribution in [0, 0.1) is 10.1 Å². The molecule has 0 aliphatic carbocycles. The number of allylic oxidation sites excluding steroid dienone is 1. The van der Waals surface area contributed by atoms with Crippen LogP contribution in [0.3, 0.4) is 0 Å². The number of amides is 1. The van der Waals surface area contributed by atoms with Crippen molar-refractivity contribution in [3.63, 3.8) is 0 Å². The van der Waals surface area contributed by atoms with Gasteiger partial charge in [0.05, 0.1) is 23.3 Å². The number of benzene rings is 2. The lowest BCUT2D eigenvalue weighted by molar-refractivity contribution is -0.384. The molecule has 0 fully saturated rings. The number of non-ortho nitro benzene ring substituents is 1. The highest BCUT2D eigenvalue weighted by Gasteiger charge is 2.38. The third kappa shape index (κ3) is 2.83. The summed E-state index contributed by atoms with van der Waals surface area (Å²) >= 11 is 0. The molecule has 26 heavy (non-hydrogen) atoms. The molecular weight excluding hydrogens is 332 g/mol. The van der Waals surface area contributed by atoms with Gasteiger partial charge in [-0.3, -0.25) is 19.8 Å². The number of para-hydroxylation sites is 1. The molecule has 0 bridgehead atoms. The molecule has 1 aliphatic heterocycles. The van der Waals surface area contributed by atoms with Gasteiger partial charge in [-0.1, -0.05) is 18.2 Å². The van der Waals surface area contributed by atoms with E-state index in [1.54, 1.807) is 12.0 Å². The fourth-order valence-electron chi connectivity index (χ4n) is 3.41. The van der Waals surface area contributed by atoms with Crippen molar-refractivity contribution in [1.29, 1.82) is 0 Å². The summed E-state index contributed by atoms with van der Waals surface area (Å²) in [5.41, 5.74) is 2.46. The van der Waals surface area contributed by atoms with Crippen LogP contribution in [0.25, 0.3) is 5.57 Å². The predicted molar refractivity (Wildman–Crippen MR) is 101 cm³/mol. The first-order valence-electron chi connectivity index (χ1n) is 8.22. The highest BCUT2D eigenvalue weighted by Crippen LogP contribution is 2.45. The minimum absolute atomic E-state index is 0.0480. The lowest BCUT2D eigenvalue weighted by atomic mass is 9.87. The molecule has 134 valence electrons. The highest BCUT2D eigenvalue weighted by atomic mass is 16.6. The molecule has 2 aromatic carbocycles. The molecule has 0 saturated carbocycles. The van der Waals surface area contributed by atoms with Crippen molar-refractivity contribution >= 4 is 22.9 Å². The Balaban J connectivity index is 2.14. The van der Waals surface area contributed by atoms with Gasteiger partial charge in [0.1, 0.15) is 5.75 Å². The largest absolute Gasteiger partial charge is 0.495 e.